The Labute approximate surface area is 134 Å². The van der Waals surface area contributed by atoms with E-state index in [2.05, 4.69) is 24.5 Å². The van der Waals surface area contributed by atoms with Crippen LogP contribution in [0.4, 0.5) is 16.2 Å². The van der Waals surface area contributed by atoms with Crippen molar-refractivity contribution in [2.45, 2.75) is 71.9 Å². The zero-order chi connectivity index (χ0) is 16.6. The van der Waals surface area contributed by atoms with Crippen molar-refractivity contribution >= 4 is 17.5 Å². The molecule has 0 saturated heterocycles. The van der Waals surface area contributed by atoms with Crippen molar-refractivity contribution in [3.05, 3.63) is 24.3 Å². The van der Waals surface area contributed by atoms with E-state index in [1.54, 1.807) is 0 Å². The first-order valence-electron chi connectivity index (χ1n) is 8.21. The number of amides is 1. The summed E-state index contributed by atoms with van der Waals surface area (Å²) >= 11 is 0. The predicted octanol–water partition coefficient (Wildman–Crippen LogP) is 5.41. The smallest absolute Gasteiger partial charge is 0.412 e. The van der Waals surface area contributed by atoms with E-state index in [-0.39, 0.29) is 0 Å². The highest BCUT2D eigenvalue weighted by atomic mass is 16.6. The Bertz CT molecular complexity index is 466. The quantitative estimate of drug-likeness (QED) is 0.707. The van der Waals surface area contributed by atoms with E-state index in [1.807, 2.05) is 45.0 Å². The summed E-state index contributed by atoms with van der Waals surface area (Å²) in [6.45, 7) is 9.94. The maximum absolute atomic E-state index is 11.9. The van der Waals surface area contributed by atoms with Crippen LogP contribution < -0.4 is 10.6 Å². The number of nitrogens with one attached hydrogen (secondary N) is 2. The highest BCUT2D eigenvalue weighted by molar-refractivity contribution is 5.89. The first-order valence-corrected chi connectivity index (χ1v) is 8.21. The van der Waals surface area contributed by atoms with E-state index >= 15 is 0 Å². The molecule has 0 saturated carbocycles. The van der Waals surface area contributed by atoms with Crippen LogP contribution in [0.3, 0.4) is 0 Å². The highest BCUT2D eigenvalue weighted by Gasteiger charge is 2.17. The molecule has 1 unspecified atom stereocenters. The summed E-state index contributed by atoms with van der Waals surface area (Å²) in [5, 5.41) is 6.36. The third kappa shape index (κ3) is 6.83. The minimum atomic E-state index is -0.500. The Morgan fingerprint density at radius 3 is 2.36 bits per heavy atom. The molecule has 4 heteroatoms. The molecule has 0 aliphatic heterocycles. The molecule has 1 aromatic carbocycles. The van der Waals surface area contributed by atoms with Gasteiger partial charge in [0.05, 0.1) is 11.4 Å². The molecule has 0 fully saturated rings. The molecule has 0 aliphatic rings. The van der Waals surface area contributed by atoms with Gasteiger partial charge in [0.2, 0.25) is 0 Å². The van der Waals surface area contributed by atoms with Crippen molar-refractivity contribution in [1.82, 2.24) is 0 Å². The summed E-state index contributed by atoms with van der Waals surface area (Å²) in [4.78, 5) is 11.9. The molecule has 124 valence electrons. The van der Waals surface area contributed by atoms with Gasteiger partial charge in [-0.25, -0.2) is 4.79 Å². The SMILES string of the molecule is CCCCC(CC)Nc1ccccc1NC(=O)OC(C)(C)C. The third-order valence-electron chi connectivity index (χ3n) is 3.32. The highest BCUT2D eigenvalue weighted by Crippen LogP contribution is 2.24. The van der Waals surface area contributed by atoms with Crippen LogP contribution in [-0.4, -0.2) is 17.7 Å². The van der Waals surface area contributed by atoms with Gasteiger partial charge in [-0.3, -0.25) is 5.32 Å². The number of carbonyl (C=O) groups excluding carboxylic acids is 1. The van der Waals surface area contributed by atoms with E-state index in [0.717, 1.165) is 24.2 Å². The van der Waals surface area contributed by atoms with Crippen molar-refractivity contribution in [2.24, 2.45) is 0 Å². The molecule has 1 amide bonds. The van der Waals surface area contributed by atoms with E-state index in [0.29, 0.717) is 6.04 Å². The number of carbonyl (C=O) groups is 1. The van der Waals surface area contributed by atoms with E-state index in [4.69, 9.17) is 4.74 Å². The van der Waals surface area contributed by atoms with Crippen molar-refractivity contribution in [3.63, 3.8) is 0 Å². The molecule has 2 N–H and O–H groups in total. The summed E-state index contributed by atoms with van der Waals surface area (Å²) in [5.41, 5.74) is 1.20. The maximum Gasteiger partial charge on any atom is 0.412 e. The molecular formula is C18H30N2O2. The van der Waals surface area contributed by atoms with Gasteiger partial charge in [-0.05, 0) is 45.7 Å². The van der Waals surface area contributed by atoms with Crippen LogP contribution in [0.25, 0.3) is 0 Å². The van der Waals surface area contributed by atoms with Gasteiger partial charge in [0.25, 0.3) is 0 Å². The number of hydrogen-bond donors (Lipinski definition) is 2. The fraction of sp³-hybridized carbons (Fsp3) is 0.611. The van der Waals surface area contributed by atoms with Gasteiger partial charge in [-0.15, -0.1) is 0 Å². The van der Waals surface area contributed by atoms with Gasteiger partial charge in [0.1, 0.15) is 5.60 Å². The largest absolute Gasteiger partial charge is 0.444 e. The number of benzene rings is 1. The Balaban J connectivity index is 2.74. The molecule has 0 aliphatic carbocycles. The fourth-order valence-corrected chi connectivity index (χ4v) is 2.18. The standard InChI is InChI=1S/C18H30N2O2/c1-6-8-11-14(7-2)19-15-12-9-10-13-16(15)20-17(21)22-18(3,4)5/h9-10,12-14,19H,6-8,11H2,1-5H3,(H,20,21). The molecule has 22 heavy (non-hydrogen) atoms. The van der Waals surface area contributed by atoms with Crippen LogP contribution in [0.5, 0.6) is 0 Å². The first kappa shape index (κ1) is 18.3. The van der Waals surface area contributed by atoms with Crippen molar-refractivity contribution in [1.29, 1.82) is 0 Å². The van der Waals surface area contributed by atoms with Crippen molar-refractivity contribution in [3.8, 4) is 0 Å². The normalized spacial score (nSPS) is 12.6. The molecule has 4 nitrogen and oxygen atoms in total. The van der Waals surface area contributed by atoms with Crippen molar-refractivity contribution in [2.75, 3.05) is 10.6 Å². The number of para-hydroxylation sites is 2. The minimum Gasteiger partial charge on any atom is -0.444 e. The lowest BCUT2D eigenvalue weighted by Gasteiger charge is -2.22. The first-order chi connectivity index (χ1) is 10.4. The van der Waals surface area contributed by atoms with Gasteiger partial charge < -0.3 is 10.1 Å². The van der Waals surface area contributed by atoms with Crippen LogP contribution in [-0.2, 0) is 4.74 Å². The van der Waals surface area contributed by atoms with Crippen LogP contribution in [0.2, 0.25) is 0 Å². The van der Waals surface area contributed by atoms with Gasteiger partial charge in [-0.2, -0.15) is 0 Å². The lowest BCUT2D eigenvalue weighted by molar-refractivity contribution is 0.0636. The average Bonchev–Trinajstić information content (AvgIpc) is 2.43. The van der Waals surface area contributed by atoms with Crippen molar-refractivity contribution < 1.29 is 9.53 Å². The molecule has 1 rings (SSSR count). The summed E-state index contributed by atoms with van der Waals surface area (Å²) in [6, 6.07) is 8.17. The number of hydrogen-bond acceptors (Lipinski definition) is 3. The Morgan fingerprint density at radius 1 is 1.18 bits per heavy atom. The zero-order valence-corrected chi connectivity index (χ0v) is 14.5. The second kappa shape index (κ2) is 8.66. The molecule has 0 radical (unpaired) electrons. The van der Waals surface area contributed by atoms with E-state index < -0.39 is 11.7 Å². The molecule has 1 atom stereocenters. The third-order valence-corrected chi connectivity index (χ3v) is 3.32. The minimum absolute atomic E-state index is 0.418. The molecular weight excluding hydrogens is 276 g/mol. The number of rotatable bonds is 7. The second-order valence-corrected chi connectivity index (χ2v) is 6.56. The van der Waals surface area contributed by atoms with Crippen LogP contribution in [0.15, 0.2) is 24.3 Å². The molecule has 0 spiro atoms. The van der Waals surface area contributed by atoms with Crippen LogP contribution in [0, 0.1) is 0 Å². The number of ether oxygens (including phenoxy) is 1. The van der Waals surface area contributed by atoms with Gasteiger partial charge in [0.15, 0.2) is 0 Å². The summed E-state index contributed by atoms with van der Waals surface area (Å²) in [6.07, 6.45) is 4.15. The summed E-state index contributed by atoms with van der Waals surface area (Å²) < 4.78 is 5.32. The fourth-order valence-electron chi connectivity index (χ4n) is 2.18. The van der Waals surface area contributed by atoms with Gasteiger partial charge in [-0.1, -0.05) is 38.8 Å². The average molecular weight is 306 g/mol. The van der Waals surface area contributed by atoms with E-state index in [9.17, 15) is 4.79 Å². The van der Waals surface area contributed by atoms with Gasteiger partial charge in [0, 0.05) is 6.04 Å². The summed E-state index contributed by atoms with van der Waals surface area (Å²) in [7, 11) is 0. The Kier molecular flexibility index (Phi) is 7.22. The molecule has 0 bridgehead atoms. The summed E-state index contributed by atoms with van der Waals surface area (Å²) in [5.74, 6) is 0. The second-order valence-electron chi connectivity index (χ2n) is 6.56. The molecule has 0 heterocycles. The molecule has 0 aromatic heterocycles. The zero-order valence-electron chi connectivity index (χ0n) is 14.5. The lowest BCUT2D eigenvalue weighted by Crippen LogP contribution is -2.28. The monoisotopic (exact) mass is 306 g/mol. The Hall–Kier alpha value is -1.71. The Morgan fingerprint density at radius 2 is 1.82 bits per heavy atom. The topological polar surface area (TPSA) is 50.4 Å². The molecule has 1 aromatic rings. The lowest BCUT2D eigenvalue weighted by atomic mass is 10.1. The maximum atomic E-state index is 11.9. The van der Waals surface area contributed by atoms with Crippen LogP contribution in [0.1, 0.15) is 60.3 Å². The number of unbranched alkanes of at least 4 members (excludes halogenated alkanes) is 1. The predicted molar refractivity (Wildman–Crippen MR) is 93.5 cm³/mol. The van der Waals surface area contributed by atoms with Crippen LogP contribution >= 0.6 is 0 Å². The van der Waals surface area contributed by atoms with Gasteiger partial charge >= 0.3 is 6.09 Å². The van der Waals surface area contributed by atoms with E-state index in [1.165, 1.54) is 12.8 Å². The number of anilines is 2.